The Balaban J connectivity index is 2.15. The van der Waals surface area contributed by atoms with Crippen LogP contribution in [0.1, 0.15) is 40.9 Å². The number of carbonyl (C=O) groups excluding carboxylic acids is 2. The average Bonchev–Trinajstić information content (AvgIpc) is 2.61. The number of nitrogens with one attached hydrogen (secondary N) is 1. The number of halogens is 1. The van der Waals surface area contributed by atoms with Crippen LogP contribution in [-0.4, -0.2) is 26.3 Å². The summed E-state index contributed by atoms with van der Waals surface area (Å²) in [5, 5.41) is 3.83. The van der Waals surface area contributed by atoms with Crippen LogP contribution in [0.2, 0.25) is 5.02 Å². The summed E-state index contributed by atoms with van der Waals surface area (Å²) in [4.78, 5) is 26.0. The SMILES string of the molecule is CN(C)c1cccc(C2CC(C)(C(N)=O)c3cc(Cl)cc(C=O)c3N2)c1. The summed E-state index contributed by atoms with van der Waals surface area (Å²) in [6.45, 7) is 1.81. The van der Waals surface area contributed by atoms with Crippen LogP contribution >= 0.6 is 11.6 Å². The number of carbonyl (C=O) groups is 2. The molecule has 0 saturated heterocycles. The quantitative estimate of drug-likeness (QED) is 0.806. The first-order valence-electron chi connectivity index (χ1n) is 8.39. The van der Waals surface area contributed by atoms with Crippen LogP contribution in [0.25, 0.3) is 0 Å². The summed E-state index contributed by atoms with van der Waals surface area (Å²) in [6.07, 6.45) is 1.22. The van der Waals surface area contributed by atoms with Gasteiger partial charge >= 0.3 is 0 Å². The van der Waals surface area contributed by atoms with E-state index in [1.54, 1.807) is 12.1 Å². The van der Waals surface area contributed by atoms with Gasteiger partial charge < -0.3 is 16.0 Å². The maximum absolute atomic E-state index is 12.4. The summed E-state index contributed by atoms with van der Waals surface area (Å²) < 4.78 is 0. The van der Waals surface area contributed by atoms with E-state index in [1.807, 2.05) is 44.1 Å². The molecule has 1 amide bonds. The van der Waals surface area contributed by atoms with Crippen molar-refractivity contribution < 1.29 is 9.59 Å². The minimum Gasteiger partial charge on any atom is -0.378 e. The molecule has 1 heterocycles. The molecular formula is C20H22ClN3O2. The van der Waals surface area contributed by atoms with E-state index in [0.29, 0.717) is 28.3 Å². The second-order valence-electron chi connectivity index (χ2n) is 7.12. The molecule has 2 aromatic carbocycles. The number of benzene rings is 2. The van der Waals surface area contributed by atoms with E-state index < -0.39 is 11.3 Å². The molecule has 2 unspecified atom stereocenters. The minimum absolute atomic E-state index is 0.153. The molecule has 5 nitrogen and oxygen atoms in total. The van der Waals surface area contributed by atoms with Crippen molar-refractivity contribution in [1.82, 2.24) is 0 Å². The zero-order valence-corrected chi connectivity index (χ0v) is 15.8. The predicted octanol–water partition coefficient (Wildman–Crippen LogP) is 3.52. The molecule has 26 heavy (non-hydrogen) atoms. The van der Waals surface area contributed by atoms with Crippen LogP contribution in [0.4, 0.5) is 11.4 Å². The minimum atomic E-state index is -0.929. The lowest BCUT2D eigenvalue weighted by molar-refractivity contribution is -0.123. The van der Waals surface area contributed by atoms with E-state index >= 15 is 0 Å². The van der Waals surface area contributed by atoms with Crippen LogP contribution in [0.5, 0.6) is 0 Å². The molecule has 0 aromatic heterocycles. The Morgan fingerprint density at radius 1 is 1.35 bits per heavy atom. The van der Waals surface area contributed by atoms with Gasteiger partial charge in [0.25, 0.3) is 0 Å². The Hall–Kier alpha value is -2.53. The van der Waals surface area contributed by atoms with Crippen molar-refractivity contribution in [3.63, 3.8) is 0 Å². The van der Waals surface area contributed by atoms with Crippen molar-refractivity contribution in [2.24, 2.45) is 5.73 Å². The lowest BCUT2D eigenvalue weighted by Gasteiger charge is -2.40. The van der Waals surface area contributed by atoms with Crippen molar-refractivity contribution in [2.45, 2.75) is 24.8 Å². The lowest BCUT2D eigenvalue weighted by atomic mass is 9.71. The van der Waals surface area contributed by atoms with Crippen molar-refractivity contribution in [3.8, 4) is 0 Å². The largest absolute Gasteiger partial charge is 0.378 e. The number of nitrogens with two attached hydrogens (primary N) is 1. The molecule has 0 saturated carbocycles. The molecule has 0 radical (unpaired) electrons. The average molecular weight is 372 g/mol. The topological polar surface area (TPSA) is 75.4 Å². The highest BCUT2D eigenvalue weighted by Gasteiger charge is 2.42. The second-order valence-corrected chi connectivity index (χ2v) is 7.56. The van der Waals surface area contributed by atoms with Gasteiger partial charge in [-0.25, -0.2) is 0 Å². The van der Waals surface area contributed by atoms with Gasteiger partial charge in [-0.05, 0) is 48.7 Å². The highest BCUT2D eigenvalue weighted by Crippen LogP contribution is 2.46. The third-order valence-corrected chi connectivity index (χ3v) is 5.34. The first-order valence-corrected chi connectivity index (χ1v) is 8.77. The molecule has 2 atom stereocenters. The smallest absolute Gasteiger partial charge is 0.227 e. The fourth-order valence-corrected chi connectivity index (χ4v) is 3.74. The highest BCUT2D eigenvalue weighted by atomic mass is 35.5. The predicted molar refractivity (Wildman–Crippen MR) is 105 cm³/mol. The summed E-state index contributed by atoms with van der Waals surface area (Å²) in [7, 11) is 3.95. The van der Waals surface area contributed by atoms with E-state index in [1.165, 1.54) is 0 Å². The molecule has 0 bridgehead atoms. The maximum atomic E-state index is 12.4. The fraction of sp³-hybridized carbons (Fsp3) is 0.300. The molecule has 0 spiro atoms. The lowest BCUT2D eigenvalue weighted by Crippen LogP contribution is -2.44. The molecule has 3 N–H and O–H groups in total. The molecule has 0 fully saturated rings. The van der Waals surface area contributed by atoms with E-state index in [4.69, 9.17) is 17.3 Å². The van der Waals surface area contributed by atoms with Gasteiger partial charge in [0.2, 0.25) is 5.91 Å². The van der Waals surface area contributed by atoms with Crippen molar-refractivity contribution in [3.05, 3.63) is 58.1 Å². The molecule has 1 aliphatic heterocycles. The Labute approximate surface area is 158 Å². The van der Waals surface area contributed by atoms with Gasteiger partial charge in [0.15, 0.2) is 6.29 Å². The van der Waals surface area contributed by atoms with Crippen molar-refractivity contribution >= 4 is 35.2 Å². The third kappa shape index (κ3) is 3.03. The number of hydrogen-bond donors (Lipinski definition) is 2. The molecule has 0 aliphatic carbocycles. The van der Waals surface area contributed by atoms with Gasteiger partial charge in [-0.1, -0.05) is 23.7 Å². The van der Waals surface area contributed by atoms with E-state index in [9.17, 15) is 9.59 Å². The number of primary amides is 1. The van der Waals surface area contributed by atoms with Gasteiger partial charge in [0.05, 0.1) is 11.5 Å². The van der Waals surface area contributed by atoms with Gasteiger partial charge in [0, 0.05) is 36.1 Å². The van der Waals surface area contributed by atoms with Gasteiger partial charge in [0.1, 0.15) is 0 Å². The number of nitrogens with zero attached hydrogens (tertiary/aromatic N) is 1. The normalized spacial score (nSPS) is 21.5. The summed E-state index contributed by atoms with van der Waals surface area (Å²) in [5.74, 6) is -0.437. The van der Waals surface area contributed by atoms with Crippen molar-refractivity contribution in [1.29, 1.82) is 0 Å². The Kier molecular flexibility index (Phi) is 4.67. The summed E-state index contributed by atoms with van der Waals surface area (Å²) >= 11 is 6.16. The number of anilines is 2. The Morgan fingerprint density at radius 2 is 2.08 bits per heavy atom. The first-order chi connectivity index (χ1) is 12.3. The molecular weight excluding hydrogens is 350 g/mol. The Morgan fingerprint density at radius 3 is 2.69 bits per heavy atom. The van der Waals surface area contributed by atoms with Gasteiger partial charge in [-0.15, -0.1) is 0 Å². The van der Waals surface area contributed by atoms with Gasteiger partial charge in [-0.3, -0.25) is 9.59 Å². The van der Waals surface area contributed by atoms with Crippen LogP contribution in [0.15, 0.2) is 36.4 Å². The summed E-state index contributed by atoms with van der Waals surface area (Å²) in [5.41, 5.74) is 8.64. The second kappa shape index (κ2) is 6.65. The number of amides is 1. The van der Waals surface area contributed by atoms with E-state index in [0.717, 1.165) is 17.5 Å². The molecule has 3 rings (SSSR count). The zero-order chi connectivity index (χ0) is 19.1. The molecule has 1 aliphatic rings. The molecule has 2 aromatic rings. The first kappa shape index (κ1) is 18.3. The molecule has 136 valence electrons. The fourth-order valence-electron chi connectivity index (χ4n) is 3.51. The standard InChI is InChI=1S/C20H22ClN3O2/c1-20(19(22)26)10-17(12-5-4-6-15(8-12)24(2)3)23-18-13(11-25)7-14(21)9-16(18)20/h4-9,11,17,23H,10H2,1-3H3,(H2,22,26). The van der Waals surface area contributed by atoms with Crippen LogP contribution in [-0.2, 0) is 10.2 Å². The Bertz CT molecular complexity index is 881. The van der Waals surface area contributed by atoms with Gasteiger partial charge in [-0.2, -0.15) is 0 Å². The number of hydrogen-bond acceptors (Lipinski definition) is 4. The van der Waals surface area contributed by atoms with Crippen LogP contribution in [0.3, 0.4) is 0 Å². The zero-order valence-electron chi connectivity index (χ0n) is 15.0. The van der Waals surface area contributed by atoms with E-state index in [2.05, 4.69) is 11.4 Å². The summed E-state index contributed by atoms with van der Waals surface area (Å²) in [6, 6.07) is 11.2. The van der Waals surface area contributed by atoms with Crippen molar-refractivity contribution in [2.75, 3.05) is 24.3 Å². The number of aldehydes is 1. The van der Waals surface area contributed by atoms with Crippen LogP contribution in [0, 0.1) is 0 Å². The maximum Gasteiger partial charge on any atom is 0.227 e. The third-order valence-electron chi connectivity index (χ3n) is 5.12. The monoisotopic (exact) mass is 371 g/mol. The van der Waals surface area contributed by atoms with Crippen LogP contribution < -0.4 is 16.0 Å². The number of rotatable bonds is 4. The molecule has 6 heteroatoms. The highest BCUT2D eigenvalue weighted by molar-refractivity contribution is 6.31. The van der Waals surface area contributed by atoms with E-state index in [-0.39, 0.29) is 6.04 Å². The number of fused-ring (bicyclic) bond motifs is 1.